The normalized spacial score (nSPS) is 15.4. The molecular formula is C14H18FN3. The predicted octanol–water partition coefficient (Wildman–Crippen LogP) is 1.88. The fourth-order valence-corrected chi connectivity index (χ4v) is 2.23. The van der Waals surface area contributed by atoms with Crippen molar-refractivity contribution in [3.63, 3.8) is 0 Å². The number of hydrogen-bond donors (Lipinski definition) is 1. The van der Waals surface area contributed by atoms with Crippen molar-refractivity contribution in [2.45, 2.75) is 25.9 Å². The van der Waals surface area contributed by atoms with Crippen molar-refractivity contribution in [2.24, 2.45) is 0 Å². The zero-order chi connectivity index (χ0) is 13.0. The SMILES string of the molecule is CCCN(Cc1cc(F)ccc1C#N)C1CNC1. The van der Waals surface area contributed by atoms with Crippen LogP contribution in [0.4, 0.5) is 4.39 Å². The fraction of sp³-hybridized carbons (Fsp3) is 0.500. The van der Waals surface area contributed by atoms with Crippen LogP contribution in [0, 0.1) is 17.1 Å². The summed E-state index contributed by atoms with van der Waals surface area (Å²) in [6, 6.07) is 7.04. The quantitative estimate of drug-likeness (QED) is 0.863. The molecule has 0 aromatic heterocycles. The summed E-state index contributed by atoms with van der Waals surface area (Å²) in [4.78, 5) is 2.33. The Morgan fingerprint density at radius 1 is 1.50 bits per heavy atom. The summed E-state index contributed by atoms with van der Waals surface area (Å²) in [6.45, 7) is 5.73. The molecule has 1 saturated heterocycles. The van der Waals surface area contributed by atoms with E-state index < -0.39 is 0 Å². The summed E-state index contributed by atoms with van der Waals surface area (Å²) in [7, 11) is 0. The highest BCUT2D eigenvalue weighted by Crippen LogP contribution is 2.16. The Bertz CT molecular complexity index is 449. The zero-order valence-corrected chi connectivity index (χ0v) is 10.6. The third-order valence-electron chi connectivity index (χ3n) is 3.35. The second-order valence-corrected chi connectivity index (χ2v) is 4.70. The van der Waals surface area contributed by atoms with E-state index in [9.17, 15) is 4.39 Å². The van der Waals surface area contributed by atoms with Crippen molar-refractivity contribution < 1.29 is 4.39 Å². The van der Waals surface area contributed by atoms with Gasteiger partial charge in [-0.2, -0.15) is 5.26 Å². The van der Waals surface area contributed by atoms with Crippen LogP contribution in [0.5, 0.6) is 0 Å². The Labute approximate surface area is 107 Å². The lowest BCUT2D eigenvalue weighted by Gasteiger charge is -2.38. The molecule has 1 aromatic rings. The van der Waals surface area contributed by atoms with Gasteiger partial charge in [-0.3, -0.25) is 4.90 Å². The molecule has 1 heterocycles. The Morgan fingerprint density at radius 3 is 2.83 bits per heavy atom. The highest BCUT2D eigenvalue weighted by Gasteiger charge is 2.24. The first kappa shape index (κ1) is 13.0. The average molecular weight is 247 g/mol. The molecule has 18 heavy (non-hydrogen) atoms. The van der Waals surface area contributed by atoms with Crippen LogP contribution in [0.15, 0.2) is 18.2 Å². The van der Waals surface area contributed by atoms with Crippen LogP contribution < -0.4 is 5.32 Å². The molecule has 2 rings (SSSR count). The van der Waals surface area contributed by atoms with Crippen LogP contribution in [0.1, 0.15) is 24.5 Å². The number of halogens is 1. The summed E-state index contributed by atoms with van der Waals surface area (Å²) in [5, 5.41) is 12.3. The van der Waals surface area contributed by atoms with Gasteiger partial charge in [-0.1, -0.05) is 6.92 Å². The second-order valence-electron chi connectivity index (χ2n) is 4.70. The van der Waals surface area contributed by atoms with E-state index in [-0.39, 0.29) is 5.82 Å². The standard InChI is InChI=1S/C14H18FN3/c1-2-5-18(14-8-17-9-14)10-12-6-13(15)4-3-11(12)7-16/h3-4,6,14,17H,2,5,8-10H2,1H3. The number of nitrogens with zero attached hydrogens (tertiary/aromatic N) is 2. The number of nitriles is 1. The van der Waals surface area contributed by atoms with Gasteiger partial charge in [0.2, 0.25) is 0 Å². The summed E-state index contributed by atoms with van der Waals surface area (Å²) >= 11 is 0. The summed E-state index contributed by atoms with van der Waals surface area (Å²) in [5.41, 5.74) is 1.36. The first-order chi connectivity index (χ1) is 8.74. The van der Waals surface area contributed by atoms with Gasteiger partial charge in [-0.15, -0.1) is 0 Å². The molecule has 0 saturated carbocycles. The molecule has 0 aliphatic carbocycles. The minimum absolute atomic E-state index is 0.271. The molecule has 1 aromatic carbocycles. The van der Waals surface area contributed by atoms with Crippen LogP contribution in [-0.2, 0) is 6.54 Å². The van der Waals surface area contributed by atoms with Crippen molar-refractivity contribution in [2.75, 3.05) is 19.6 Å². The van der Waals surface area contributed by atoms with Gasteiger partial charge >= 0.3 is 0 Å². The van der Waals surface area contributed by atoms with E-state index in [2.05, 4.69) is 23.2 Å². The van der Waals surface area contributed by atoms with Gasteiger partial charge in [0.25, 0.3) is 0 Å². The second kappa shape index (κ2) is 5.94. The van der Waals surface area contributed by atoms with Crippen LogP contribution in [-0.4, -0.2) is 30.6 Å². The monoisotopic (exact) mass is 247 g/mol. The molecule has 0 bridgehead atoms. The fourth-order valence-electron chi connectivity index (χ4n) is 2.23. The van der Waals surface area contributed by atoms with Gasteiger partial charge in [0.05, 0.1) is 11.6 Å². The van der Waals surface area contributed by atoms with Gasteiger partial charge in [0.1, 0.15) is 5.82 Å². The smallest absolute Gasteiger partial charge is 0.123 e. The third-order valence-corrected chi connectivity index (χ3v) is 3.35. The van der Waals surface area contributed by atoms with Gasteiger partial charge in [0, 0.05) is 25.7 Å². The van der Waals surface area contributed by atoms with Crippen molar-refractivity contribution in [1.29, 1.82) is 5.26 Å². The lowest BCUT2D eigenvalue weighted by molar-refractivity contribution is 0.137. The maximum atomic E-state index is 13.3. The highest BCUT2D eigenvalue weighted by molar-refractivity contribution is 5.37. The molecule has 0 unspecified atom stereocenters. The molecule has 1 N–H and O–H groups in total. The molecule has 0 radical (unpaired) electrons. The van der Waals surface area contributed by atoms with Crippen LogP contribution in [0.2, 0.25) is 0 Å². The summed E-state index contributed by atoms with van der Waals surface area (Å²) in [5.74, 6) is -0.271. The Hall–Kier alpha value is -1.44. The number of benzene rings is 1. The molecule has 3 nitrogen and oxygen atoms in total. The predicted molar refractivity (Wildman–Crippen MR) is 68.5 cm³/mol. The van der Waals surface area contributed by atoms with Gasteiger partial charge in [-0.05, 0) is 36.7 Å². The van der Waals surface area contributed by atoms with E-state index >= 15 is 0 Å². The Kier molecular flexibility index (Phi) is 4.29. The molecule has 1 fully saturated rings. The van der Waals surface area contributed by atoms with Gasteiger partial charge < -0.3 is 5.32 Å². The molecule has 1 aliphatic rings. The van der Waals surface area contributed by atoms with Crippen LogP contribution in [0.3, 0.4) is 0 Å². The third kappa shape index (κ3) is 2.87. The van der Waals surface area contributed by atoms with Gasteiger partial charge in [0.15, 0.2) is 0 Å². The Balaban J connectivity index is 2.14. The summed E-state index contributed by atoms with van der Waals surface area (Å²) < 4.78 is 13.3. The molecule has 0 spiro atoms. The highest BCUT2D eigenvalue weighted by atomic mass is 19.1. The lowest BCUT2D eigenvalue weighted by Crippen LogP contribution is -2.57. The molecule has 4 heteroatoms. The number of hydrogen-bond acceptors (Lipinski definition) is 3. The lowest BCUT2D eigenvalue weighted by atomic mass is 10.0. The van der Waals surface area contributed by atoms with E-state index in [0.717, 1.165) is 31.6 Å². The number of nitrogens with one attached hydrogen (secondary N) is 1. The molecule has 96 valence electrons. The zero-order valence-electron chi connectivity index (χ0n) is 10.6. The molecule has 1 aliphatic heterocycles. The van der Waals surface area contributed by atoms with E-state index in [4.69, 9.17) is 5.26 Å². The van der Waals surface area contributed by atoms with E-state index in [1.807, 2.05) is 0 Å². The first-order valence-electron chi connectivity index (χ1n) is 6.38. The van der Waals surface area contributed by atoms with Crippen molar-refractivity contribution in [1.82, 2.24) is 10.2 Å². The van der Waals surface area contributed by atoms with Crippen molar-refractivity contribution in [3.05, 3.63) is 35.1 Å². The molecule has 0 amide bonds. The minimum atomic E-state index is -0.271. The largest absolute Gasteiger partial charge is 0.314 e. The maximum absolute atomic E-state index is 13.3. The van der Waals surface area contributed by atoms with Crippen molar-refractivity contribution >= 4 is 0 Å². The molecule has 0 atom stereocenters. The number of rotatable bonds is 5. The topological polar surface area (TPSA) is 39.1 Å². The maximum Gasteiger partial charge on any atom is 0.123 e. The molecular weight excluding hydrogens is 229 g/mol. The Morgan fingerprint density at radius 2 is 2.28 bits per heavy atom. The van der Waals surface area contributed by atoms with E-state index in [1.165, 1.54) is 12.1 Å². The van der Waals surface area contributed by atoms with E-state index in [1.54, 1.807) is 6.07 Å². The van der Waals surface area contributed by atoms with Gasteiger partial charge in [-0.25, -0.2) is 4.39 Å². The van der Waals surface area contributed by atoms with E-state index in [0.29, 0.717) is 18.2 Å². The van der Waals surface area contributed by atoms with Crippen LogP contribution >= 0.6 is 0 Å². The minimum Gasteiger partial charge on any atom is -0.314 e. The van der Waals surface area contributed by atoms with Crippen LogP contribution in [0.25, 0.3) is 0 Å². The summed E-state index contributed by atoms with van der Waals surface area (Å²) in [6.07, 6.45) is 1.06. The van der Waals surface area contributed by atoms with Crippen molar-refractivity contribution in [3.8, 4) is 6.07 Å². The average Bonchev–Trinajstić information content (AvgIpc) is 2.27. The first-order valence-corrected chi connectivity index (χ1v) is 6.38.